The molecule has 0 aromatic heterocycles. The molecule has 1 unspecified atom stereocenters. The molecule has 0 bridgehead atoms. The van der Waals surface area contributed by atoms with Crippen LogP contribution in [-0.4, -0.2) is 11.3 Å². The van der Waals surface area contributed by atoms with E-state index in [0.717, 1.165) is 0 Å². The Kier molecular flexibility index (Phi) is 5.73. The van der Waals surface area contributed by atoms with Crippen molar-refractivity contribution in [3.8, 4) is 0 Å². The third-order valence-electron chi connectivity index (χ3n) is 2.03. The van der Waals surface area contributed by atoms with Crippen LogP contribution in [0.15, 0.2) is 23.1 Å². The molecule has 0 radical (unpaired) electrons. The van der Waals surface area contributed by atoms with E-state index in [-0.39, 0.29) is 22.4 Å². The van der Waals surface area contributed by atoms with Gasteiger partial charge in [0.2, 0.25) is 0 Å². The SMILES string of the molecule is CC(=O)C(Br)c1cc(CBr)cc(SC(F)(F)F)c1. The van der Waals surface area contributed by atoms with E-state index in [1.54, 1.807) is 6.07 Å². The summed E-state index contributed by atoms with van der Waals surface area (Å²) < 4.78 is 37.0. The van der Waals surface area contributed by atoms with Crippen LogP contribution in [0, 0.1) is 0 Å². The second-order valence-corrected chi connectivity index (χ2v) is 6.18. The molecule has 0 N–H and O–H groups in total. The molecule has 0 aliphatic carbocycles. The van der Waals surface area contributed by atoms with Gasteiger partial charge in [0.15, 0.2) is 0 Å². The van der Waals surface area contributed by atoms with Crippen molar-refractivity contribution in [2.75, 3.05) is 0 Å². The predicted molar refractivity (Wildman–Crippen MR) is 73.3 cm³/mol. The van der Waals surface area contributed by atoms with Gasteiger partial charge in [-0.3, -0.25) is 4.79 Å². The van der Waals surface area contributed by atoms with E-state index in [1.807, 2.05) is 0 Å². The molecule has 0 heterocycles. The lowest BCUT2D eigenvalue weighted by Crippen LogP contribution is -2.04. The number of Topliss-reactive ketones (excluding diaryl/α,β-unsaturated/α-hetero) is 1. The quantitative estimate of drug-likeness (QED) is 0.504. The molecule has 1 rings (SSSR count). The lowest BCUT2D eigenvalue weighted by Gasteiger charge is -2.12. The Morgan fingerprint density at radius 1 is 1.39 bits per heavy atom. The molecule has 0 saturated carbocycles. The predicted octanol–water partition coefficient (Wildman–Crippen LogP) is 5.22. The van der Waals surface area contributed by atoms with E-state index >= 15 is 0 Å². The number of benzene rings is 1. The van der Waals surface area contributed by atoms with Crippen LogP contribution in [0.5, 0.6) is 0 Å². The number of carbonyl (C=O) groups excluding carboxylic acids is 1. The fraction of sp³-hybridized carbons (Fsp3) is 0.364. The first kappa shape index (κ1) is 16.0. The Balaban J connectivity index is 3.13. The van der Waals surface area contributed by atoms with Gasteiger partial charge in [-0.25, -0.2) is 0 Å². The first-order chi connectivity index (χ1) is 8.23. The minimum Gasteiger partial charge on any atom is -0.298 e. The third-order valence-corrected chi connectivity index (χ3v) is 4.55. The Labute approximate surface area is 124 Å². The Morgan fingerprint density at radius 3 is 2.44 bits per heavy atom. The van der Waals surface area contributed by atoms with Crippen molar-refractivity contribution < 1.29 is 18.0 Å². The van der Waals surface area contributed by atoms with Crippen LogP contribution in [-0.2, 0) is 10.1 Å². The van der Waals surface area contributed by atoms with Crippen molar-refractivity contribution in [1.29, 1.82) is 0 Å². The van der Waals surface area contributed by atoms with Crippen molar-refractivity contribution >= 4 is 49.4 Å². The van der Waals surface area contributed by atoms with E-state index < -0.39 is 10.3 Å². The second-order valence-electron chi connectivity index (χ2n) is 3.56. The number of alkyl halides is 5. The monoisotopic (exact) mass is 404 g/mol. The van der Waals surface area contributed by atoms with Crippen LogP contribution in [0.2, 0.25) is 0 Å². The number of rotatable bonds is 4. The van der Waals surface area contributed by atoms with Crippen molar-refractivity contribution in [3.05, 3.63) is 29.3 Å². The topological polar surface area (TPSA) is 17.1 Å². The number of hydrogen-bond acceptors (Lipinski definition) is 2. The van der Waals surface area contributed by atoms with Gasteiger partial charge in [0.25, 0.3) is 0 Å². The molecule has 0 fully saturated rings. The average molecular weight is 406 g/mol. The lowest BCUT2D eigenvalue weighted by atomic mass is 10.1. The summed E-state index contributed by atoms with van der Waals surface area (Å²) in [5.41, 5.74) is -3.10. The van der Waals surface area contributed by atoms with Crippen molar-refractivity contribution in [3.63, 3.8) is 0 Å². The first-order valence-corrected chi connectivity index (χ1v) is 7.68. The summed E-state index contributed by atoms with van der Waals surface area (Å²) in [6.45, 7) is 1.39. The molecule has 0 amide bonds. The molecular weight excluding hydrogens is 397 g/mol. The molecule has 0 saturated heterocycles. The van der Waals surface area contributed by atoms with Crippen LogP contribution in [0.4, 0.5) is 13.2 Å². The van der Waals surface area contributed by atoms with Crippen LogP contribution in [0.25, 0.3) is 0 Å². The zero-order valence-corrected chi connectivity index (χ0v) is 13.2. The summed E-state index contributed by atoms with van der Waals surface area (Å²) in [5.74, 6) is -0.148. The molecular formula is C11H9Br2F3OS. The van der Waals surface area contributed by atoms with Crippen LogP contribution in [0.3, 0.4) is 0 Å². The highest BCUT2D eigenvalue weighted by Crippen LogP contribution is 2.39. The van der Waals surface area contributed by atoms with Gasteiger partial charge in [-0.15, -0.1) is 0 Å². The van der Waals surface area contributed by atoms with Gasteiger partial charge in [0, 0.05) is 10.2 Å². The van der Waals surface area contributed by atoms with Gasteiger partial charge >= 0.3 is 5.51 Å². The molecule has 1 atom stereocenters. The summed E-state index contributed by atoms with van der Waals surface area (Å²) in [7, 11) is 0. The molecule has 0 aliphatic rings. The normalized spacial score (nSPS) is 13.4. The third kappa shape index (κ3) is 4.93. The first-order valence-electron chi connectivity index (χ1n) is 4.83. The lowest BCUT2D eigenvalue weighted by molar-refractivity contribution is -0.116. The van der Waals surface area contributed by atoms with Crippen LogP contribution >= 0.6 is 43.6 Å². The van der Waals surface area contributed by atoms with Crippen LogP contribution < -0.4 is 0 Å². The fourth-order valence-corrected chi connectivity index (χ4v) is 2.60. The van der Waals surface area contributed by atoms with Crippen LogP contribution in [0.1, 0.15) is 22.9 Å². The van der Waals surface area contributed by atoms with Crippen molar-refractivity contribution in [2.45, 2.75) is 27.5 Å². The summed E-state index contributed by atoms with van der Waals surface area (Å²) in [6, 6.07) is 4.54. The number of halogens is 5. The van der Waals surface area contributed by atoms with E-state index in [9.17, 15) is 18.0 Å². The largest absolute Gasteiger partial charge is 0.446 e. The van der Waals surface area contributed by atoms with Gasteiger partial charge in [0.1, 0.15) is 5.78 Å². The highest BCUT2D eigenvalue weighted by molar-refractivity contribution is 9.09. The summed E-state index contributed by atoms with van der Waals surface area (Å²) >= 11 is 6.19. The molecule has 7 heteroatoms. The summed E-state index contributed by atoms with van der Waals surface area (Å²) in [4.78, 5) is 10.8. The average Bonchev–Trinajstić information content (AvgIpc) is 2.24. The number of thioether (sulfide) groups is 1. The van der Waals surface area contributed by atoms with Gasteiger partial charge in [0.05, 0.1) is 4.83 Å². The Morgan fingerprint density at radius 2 is 2.00 bits per heavy atom. The zero-order valence-electron chi connectivity index (χ0n) is 9.22. The Hall–Kier alpha value is -0.0100. The van der Waals surface area contributed by atoms with Gasteiger partial charge < -0.3 is 0 Å². The molecule has 0 aliphatic heterocycles. The van der Waals surface area contributed by atoms with Crippen molar-refractivity contribution in [1.82, 2.24) is 0 Å². The van der Waals surface area contributed by atoms with Crippen molar-refractivity contribution in [2.24, 2.45) is 0 Å². The minimum atomic E-state index is -4.33. The standard InChI is InChI=1S/C11H9Br2F3OS/c1-6(17)10(13)8-2-7(5-12)3-9(4-8)18-11(14,15)16/h2-4,10H,5H2,1H3. The van der Waals surface area contributed by atoms with E-state index in [4.69, 9.17) is 0 Å². The molecule has 0 spiro atoms. The maximum atomic E-state index is 12.3. The molecule has 1 nitrogen and oxygen atoms in total. The number of ketones is 1. The number of hydrogen-bond donors (Lipinski definition) is 0. The van der Waals surface area contributed by atoms with Gasteiger partial charge in [-0.05, 0) is 41.9 Å². The minimum absolute atomic E-state index is 0.0835. The van der Waals surface area contributed by atoms with E-state index in [1.165, 1.54) is 19.1 Å². The highest BCUT2D eigenvalue weighted by atomic mass is 79.9. The maximum absolute atomic E-state index is 12.3. The van der Waals surface area contributed by atoms with E-state index in [2.05, 4.69) is 31.9 Å². The van der Waals surface area contributed by atoms with Gasteiger partial charge in [-0.2, -0.15) is 13.2 Å². The molecule has 100 valence electrons. The maximum Gasteiger partial charge on any atom is 0.446 e. The molecule has 1 aromatic carbocycles. The highest BCUT2D eigenvalue weighted by Gasteiger charge is 2.29. The smallest absolute Gasteiger partial charge is 0.298 e. The number of carbonyl (C=O) groups is 1. The Bertz CT molecular complexity index is 448. The fourth-order valence-electron chi connectivity index (χ4n) is 1.34. The summed E-state index contributed by atoms with van der Waals surface area (Å²) in [6.07, 6.45) is 0. The zero-order chi connectivity index (χ0) is 13.9. The van der Waals surface area contributed by atoms with E-state index in [0.29, 0.717) is 16.5 Å². The second kappa shape index (κ2) is 6.43. The molecule has 18 heavy (non-hydrogen) atoms. The van der Waals surface area contributed by atoms with Gasteiger partial charge in [-0.1, -0.05) is 37.9 Å². The summed E-state index contributed by atoms with van der Waals surface area (Å²) in [5, 5.41) is 0.434. The molecule has 1 aromatic rings.